The molecule has 4 rings (SSSR count). The average molecular weight is 258 g/mol. The van der Waals surface area contributed by atoms with Crippen LogP contribution in [0, 0.1) is 5.92 Å². The zero-order valence-corrected chi connectivity index (χ0v) is 11.5. The number of piperidine rings is 1. The highest BCUT2D eigenvalue weighted by molar-refractivity contribution is 5.60. The highest BCUT2D eigenvalue weighted by Crippen LogP contribution is 2.45. The van der Waals surface area contributed by atoms with Crippen LogP contribution in [0.15, 0.2) is 18.2 Å². The molecule has 0 aromatic heterocycles. The topological polar surface area (TPSA) is 26.7 Å². The number of nitrogens with zero attached hydrogens (tertiary/aromatic N) is 2. The summed E-state index contributed by atoms with van der Waals surface area (Å²) in [6, 6.07) is 5.88. The molecular weight excluding hydrogens is 236 g/mol. The molecule has 102 valence electrons. The van der Waals surface area contributed by atoms with Gasteiger partial charge >= 0.3 is 0 Å². The largest absolute Gasteiger partial charge is 0.508 e. The number of phenolic OH excluding ortho intramolecular Hbond substituents is 1. The van der Waals surface area contributed by atoms with Crippen molar-refractivity contribution in [2.75, 3.05) is 25.0 Å². The van der Waals surface area contributed by atoms with E-state index in [1.807, 2.05) is 12.1 Å². The van der Waals surface area contributed by atoms with Crippen molar-refractivity contribution in [2.45, 2.75) is 37.8 Å². The van der Waals surface area contributed by atoms with E-state index in [-0.39, 0.29) is 0 Å². The monoisotopic (exact) mass is 258 g/mol. The molecule has 0 spiro atoms. The number of benzene rings is 1. The molecular formula is C16H22N2O. The second-order valence-electron chi connectivity index (χ2n) is 6.49. The standard InChI is InChI=1S/C16H22N2O/c1-17-15-5-4-13(19)9-14(15)12-6-7-18(16(17)8-12)10-11-2-3-11/h4-5,9,11-12,16,19H,2-3,6-8,10H2,1H3. The molecule has 1 N–H and O–H groups in total. The Morgan fingerprint density at radius 2 is 2.11 bits per heavy atom. The minimum absolute atomic E-state index is 0.408. The van der Waals surface area contributed by atoms with Crippen LogP contribution in [0.3, 0.4) is 0 Å². The van der Waals surface area contributed by atoms with Crippen LogP contribution in [-0.2, 0) is 0 Å². The molecule has 1 aromatic carbocycles. The van der Waals surface area contributed by atoms with Crippen molar-refractivity contribution in [3.05, 3.63) is 23.8 Å². The third kappa shape index (κ3) is 1.91. The van der Waals surface area contributed by atoms with E-state index >= 15 is 0 Å². The summed E-state index contributed by atoms with van der Waals surface area (Å²) in [5.41, 5.74) is 2.67. The number of rotatable bonds is 2. The molecule has 1 saturated carbocycles. The smallest absolute Gasteiger partial charge is 0.116 e. The lowest BCUT2D eigenvalue weighted by Crippen LogP contribution is -2.54. The van der Waals surface area contributed by atoms with Crippen LogP contribution in [0.2, 0.25) is 0 Å². The van der Waals surface area contributed by atoms with Crippen molar-refractivity contribution in [3.63, 3.8) is 0 Å². The minimum atomic E-state index is 0.408. The Morgan fingerprint density at radius 1 is 1.26 bits per heavy atom. The number of likely N-dealkylation sites (tertiary alicyclic amines) is 1. The molecule has 2 aliphatic heterocycles. The third-order valence-corrected chi connectivity index (χ3v) is 5.15. The van der Waals surface area contributed by atoms with Gasteiger partial charge < -0.3 is 10.0 Å². The molecule has 3 heteroatoms. The lowest BCUT2D eigenvalue weighted by molar-refractivity contribution is 0.121. The van der Waals surface area contributed by atoms with Crippen molar-refractivity contribution in [2.24, 2.45) is 5.92 Å². The number of phenols is 1. The van der Waals surface area contributed by atoms with Gasteiger partial charge in [-0.05, 0) is 61.3 Å². The first-order chi connectivity index (χ1) is 9.22. The summed E-state index contributed by atoms with van der Waals surface area (Å²) in [5.74, 6) is 2.01. The molecule has 0 amide bonds. The van der Waals surface area contributed by atoms with Gasteiger partial charge in [-0.1, -0.05) is 0 Å². The molecule has 2 fully saturated rings. The SMILES string of the molecule is CN1c2ccc(O)cc2C2CCN(CC3CC3)C1C2. The van der Waals surface area contributed by atoms with Crippen LogP contribution in [0.25, 0.3) is 0 Å². The summed E-state index contributed by atoms with van der Waals surface area (Å²) >= 11 is 0. The van der Waals surface area contributed by atoms with Gasteiger partial charge in [0.15, 0.2) is 0 Å². The summed E-state index contributed by atoms with van der Waals surface area (Å²) in [6.45, 7) is 2.50. The van der Waals surface area contributed by atoms with E-state index in [0.717, 1.165) is 5.92 Å². The summed E-state index contributed by atoms with van der Waals surface area (Å²) in [4.78, 5) is 5.11. The second-order valence-corrected chi connectivity index (χ2v) is 6.49. The van der Waals surface area contributed by atoms with Gasteiger partial charge in [-0.25, -0.2) is 0 Å². The van der Waals surface area contributed by atoms with E-state index in [1.165, 1.54) is 50.0 Å². The van der Waals surface area contributed by atoms with Crippen LogP contribution in [0.5, 0.6) is 5.75 Å². The Bertz CT molecular complexity index is 498. The Morgan fingerprint density at radius 3 is 2.89 bits per heavy atom. The molecule has 0 radical (unpaired) electrons. The maximum absolute atomic E-state index is 9.72. The molecule has 19 heavy (non-hydrogen) atoms. The van der Waals surface area contributed by atoms with E-state index in [0.29, 0.717) is 17.8 Å². The van der Waals surface area contributed by atoms with E-state index in [1.54, 1.807) is 0 Å². The van der Waals surface area contributed by atoms with Gasteiger partial charge in [-0.3, -0.25) is 4.90 Å². The normalized spacial score (nSPS) is 30.3. The van der Waals surface area contributed by atoms with Gasteiger partial charge in [0.1, 0.15) is 5.75 Å². The second kappa shape index (κ2) is 4.14. The first kappa shape index (κ1) is 11.6. The zero-order chi connectivity index (χ0) is 13.0. The Hall–Kier alpha value is -1.22. The summed E-state index contributed by atoms with van der Waals surface area (Å²) in [7, 11) is 2.21. The van der Waals surface area contributed by atoms with Gasteiger partial charge in [-0.2, -0.15) is 0 Å². The first-order valence-corrected chi connectivity index (χ1v) is 7.52. The highest BCUT2D eigenvalue weighted by Gasteiger charge is 2.39. The van der Waals surface area contributed by atoms with Crippen molar-refractivity contribution >= 4 is 5.69 Å². The molecule has 3 aliphatic rings. The predicted octanol–water partition coefficient (Wildman–Crippen LogP) is 2.76. The molecule has 2 unspecified atom stereocenters. The summed E-state index contributed by atoms with van der Waals surface area (Å²) in [5, 5.41) is 9.72. The quantitative estimate of drug-likeness (QED) is 0.883. The third-order valence-electron chi connectivity index (χ3n) is 5.15. The van der Waals surface area contributed by atoms with Crippen LogP contribution in [0.1, 0.15) is 37.2 Å². The molecule has 1 aromatic rings. The summed E-state index contributed by atoms with van der Waals surface area (Å²) < 4.78 is 0. The van der Waals surface area contributed by atoms with Crippen molar-refractivity contribution in [1.29, 1.82) is 0 Å². The molecule has 1 aliphatic carbocycles. The van der Waals surface area contributed by atoms with Gasteiger partial charge in [-0.15, -0.1) is 0 Å². The van der Waals surface area contributed by atoms with Crippen LogP contribution in [-0.4, -0.2) is 36.3 Å². The average Bonchev–Trinajstić information content (AvgIpc) is 3.21. The number of aromatic hydroxyl groups is 1. The number of hydrogen-bond acceptors (Lipinski definition) is 3. The number of hydrogen-bond donors (Lipinski definition) is 1. The van der Waals surface area contributed by atoms with Gasteiger partial charge in [0, 0.05) is 25.8 Å². The van der Waals surface area contributed by atoms with Crippen molar-refractivity contribution in [3.8, 4) is 5.75 Å². The van der Waals surface area contributed by atoms with E-state index in [2.05, 4.69) is 22.9 Å². The zero-order valence-electron chi connectivity index (χ0n) is 11.5. The number of fused-ring (bicyclic) bond motifs is 4. The van der Waals surface area contributed by atoms with Gasteiger partial charge in [0.05, 0.1) is 6.17 Å². The Kier molecular flexibility index (Phi) is 2.52. The predicted molar refractivity (Wildman–Crippen MR) is 76.6 cm³/mol. The highest BCUT2D eigenvalue weighted by atomic mass is 16.3. The molecule has 2 heterocycles. The lowest BCUT2D eigenvalue weighted by atomic mass is 9.82. The van der Waals surface area contributed by atoms with Crippen LogP contribution < -0.4 is 4.90 Å². The lowest BCUT2D eigenvalue weighted by Gasteiger charge is -2.49. The molecule has 2 atom stereocenters. The number of anilines is 1. The first-order valence-electron chi connectivity index (χ1n) is 7.52. The fourth-order valence-electron chi connectivity index (χ4n) is 3.87. The molecule has 2 bridgehead atoms. The van der Waals surface area contributed by atoms with E-state index < -0.39 is 0 Å². The van der Waals surface area contributed by atoms with Crippen LogP contribution in [0.4, 0.5) is 5.69 Å². The van der Waals surface area contributed by atoms with E-state index in [4.69, 9.17) is 0 Å². The van der Waals surface area contributed by atoms with Crippen molar-refractivity contribution in [1.82, 2.24) is 4.90 Å². The Labute approximate surface area is 114 Å². The molecule has 1 saturated heterocycles. The Balaban J connectivity index is 1.66. The minimum Gasteiger partial charge on any atom is -0.508 e. The molecule has 3 nitrogen and oxygen atoms in total. The summed E-state index contributed by atoms with van der Waals surface area (Å²) in [6.07, 6.45) is 5.89. The van der Waals surface area contributed by atoms with Crippen LogP contribution >= 0.6 is 0 Å². The fraction of sp³-hybridized carbons (Fsp3) is 0.625. The van der Waals surface area contributed by atoms with Gasteiger partial charge in [0.2, 0.25) is 0 Å². The maximum Gasteiger partial charge on any atom is 0.116 e. The van der Waals surface area contributed by atoms with Crippen molar-refractivity contribution < 1.29 is 5.11 Å². The maximum atomic E-state index is 9.72. The van der Waals surface area contributed by atoms with Gasteiger partial charge in [0.25, 0.3) is 0 Å². The fourth-order valence-corrected chi connectivity index (χ4v) is 3.87. The van der Waals surface area contributed by atoms with E-state index in [9.17, 15) is 5.11 Å².